The Bertz CT molecular complexity index is 420. The number of nitrogens with zero attached hydrogens (tertiary/aromatic N) is 2. The van der Waals surface area contributed by atoms with Crippen molar-refractivity contribution in [2.75, 3.05) is 13.7 Å². The number of hydrogen-bond donors (Lipinski definition) is 1. The van der Waals surface area contributed by atoms with E-state index in [0.717, 1.165) is 31.6 Å². The van der Waals surface area contributed by atoms with Gasteiger partial charge in [-0.2, -0.15) is 4.98 Å². The van der Waals surface area contributed by atoms with E-state index in [1.165, 1.54) is 0 Å². The number of aromatic nitrogens is 2. The predicted molar refractivity (Wildman–Crippen MR) is 72.7 cm³/mol. The van der Waals surface area contributed by atoms with Crippen LogP contribution < -0.4 is 5.73 Å². The molecule has 5 nitrogen and oxygen atoms in total. The zero-order valence-corrected chi connectivity index (χ0v) is 12.4. The van der Waals surface area contributed by atoms with Gasteiger partial charge in [0.25, 0.3) is 0 Å². The molecule has 1 aliphatic rings. The molecule has 1 aromatic rings. The monoisotopic (exact) mass is 267 g/mol. The highest BCUT2D eigenvalue weighted by atomic mass is 16.5. The van der Waals surface area contributed by atoms with Crippen LogP contribution in [0.3, 0.4) is 0 Å². The van der Waals surface area contributed by atoms with Crippen LogP contribution >= 0.6 is 0 Å². The molecular weight excluding hydrogens is 242 g/mol. The minimum Gasteiger partial charge on any atom is -0.370 e. The maximum Gasteiger partial charge on any atom is 0.233 e. The van der Waals surface area contributed by atoms with Crippen LogP contribution in [-0.4, -0.2) is 23.8 Å². The normalized spacial score (nSPS) is 28.6. The minimum absolute atomic E-state index is 0.290. The lowest BCUT2D eigenvalue weighted by Gasteiger charge is -2.35. The van der Waals surface area contributed by atoms with E-state index in [4.69, 9.17) is 15.0 Å². The van der Waals surface area contributed by atoms with Crippen molar-refractivity contribution in [3.8, 4) is 0 Å². The van der Waals surface area contributed by atoms with Gasteiger partial charge in [0, 0.05) is 13.7 Å². The van der Waals surface area contributed by atoms with Crippen molar-refractivity contribution < 1.29 is 9.26 Å². The molecule has 0 aromatic carbocycles. The van der Waals surface area contributed by atoms with Gasteiger partial charge >= 0.3 is 0 Å². The van der Waals surface area contributed by atoms with Crippen LogP contribution in [0.2, 0.25) is 0 Å². The molecular formula is C14H25N3O2. The Morgan fingerprint density at radius 1 is 1.42 bits per heavy atom. The van der Waals surface area contributed by atoms with Crippen molar-refractivity contribution in [3.63, 3.8) is 0 Å². The van der Waals surface area contributed by atoms with Crippen LogP contribution in [0.15, 0.2) is 4.52 Å². The minimum atomic E-state index is -0.376. The molecule has 1 fully saturated rings. The Kier molecular flexibility index (Phi) is 3.97. The first-order chi connectivity index (χ1) is 8.93. The second-order valence-corrected chi connectivity index (χ2v) is 6.39. The number of methoxy groups -OCH3 is 1. The summed E-state index contributed by atoms with van der Waals surface area (Å²) >= 11 is 0. The number of ether oxygens (including phenoxy) is 1. The maximum atomic E-state index is 5.76. The molecule has 1 heterocycles. The Hall–Kier alpha value is -0.940. The van der Waals surface area contributed by atoms with Crippen molar-refractivity contribution >= 4 is 0 Å². The second kappa shape index (κ2) is 5.21. The van der Waals surface area contributed by atoms with Crippen LogP contribution in [0.1, 0.15) is 58.2 Å². The highest BCUT2D eigenvalue weighted by molar-refractivity contribution is 5.08. The summed E-state index contributed by atoms with van der Waals surface area (Å²) in [6.07, 6.45) is 4.18. The Labute approximate surface area is 114 Å². The summed E-state index contributed by atoms with van der Waals surface area (Å²) in [5.41, 5.74) is 5.09. The quantitative estimate of drug-likeness (QED) is 0.906. The highest BCUT2D eigenvalue weighted by Gasteiger charge is 2.41. The van der Waals surface area contributed by atoms with Crippen molar-refractivity contribution in [1.82, 2.24) is 10.1 Å². The van der Waals surface area contributed by atoms with Crippen LogP contribution in [0, 0.1) is 5.92 Å². The molecule has 0 bridgehead atoms. The third-order valence-corrected chi connectivity index (χ3v) is 4.40. The first kappa shape index (κ1) is 14.5. The number of rotatable bonds is 4. The first-order valence-electron chi connectivity index (χ1n) is 7.03. The van der Waals surface area contributed by atoms with E-state index in [0.29, 0.717) is 18.3 Å². The zero-order chi connectivity index (χ0) is 14.1. The fourth-order valence-electron chi connectivity index (χ4n) is 2.52. The van der Waals surface area contributed by atoms with E-state index in [2.05, 4.69) is 17.1 Å². The summed E-state index contributed by atoms with van der Waals surface area (Å²) < 4.78 is 11.2. The van der Waals surface area contributed by atoms with Gasteiger partial charge in [-0.15, -0.1) is 0 Å². The van der Waals surface area contributed by atoms with E-state index in [9.17, 15) is 0 Å². The molecule has 0 atom stereocenters. The van der Waals surface area contributed by atoms with Crippen molar-refractivity contribution in [3.05, 3.63) is 11.7 Å². The molecule has 2 N–H and O–H groups in total. The van der Waals surface area contributed by atoms with Gasteiger partial charge in [-0.1, -0.05) is 12.1 Å². The third kappa shape index (κ3) is 2.67. The Morgan fingerprint density at radius 3 is 2.58 bits per heavy atom. The van der Waals surface area contributed by atoms with Crippen LogP contribution in [0.5, 0.6) is 0 Å². The molecule has 0 spiro atoms. The fourth-order valence-corrected chi connectivity index (χ4v) is 2.52. The van der Waals surface area contributed by atoms with Crippen molar-refractivity contribution in [2.24, 2.45) is 11.7 Å². The molecule has 1 saturated carbocycles. The standard InChI is InChI=1S/C14H25N3O2/c1-10-5-7-14(18-4,8-6-10)11-16-12(19-17-11)13(2,3)9-15/h10H,5-9,15H2,1-4H3. The molecule has 2 rings (SSSR count). The molecule has 5 heteroatoms. The van der Waals surface area contributed by atoms with E-state index in [1.54, 1.807) is 7.11 Å². The largest absolute Gasteiger partial charge is 0.370 e. The van der Waals surface area contributed by atoms with Crippen molar-refractivity contribution in [1.29, 1.82) is 0 Å². The molecule has 0 aliphatic heterocycles. The van der Waals surface area contributed by atoms with E-state index in [-0.39, 0.29) is 11.0 Å². The maximum absolute atomic E-state index is 5.76. The summed E-state index contributed by atoms with van der Waals surface area (Å²) in [4.78, 5) is 4.56. The molecule has 0 saturated heterocycles. The number of hydrogen-bond acceptors (Lipinski definition) is 5. The second-order valence-electron chi connectivity index (χ2n) is 6.39. The van der Waals surface area contributed by atoms with Gasteiger partial charge in [-0.3, -0.25) is 0 Å². The van der Waals surface area contributed by atoms with Crippen LogP contribution in [0.25, 0.3) is 0 Å². The smallest absolute Gasteiger partial charge is 0.233 e. The van der Waals surface area contributed by atoms with Gasteiger partial charge in [0.2, 0.25) is 11.7 Å². The van der Waals surface area contributed by atoms with Gasteiger partial charge in [-0.25, -0.2) is 0 Å². The lowest BCUT2D eigenvalue weighted by Crippen LogP contribution is -2.35. The molecule has 1 aromatic heterocycles. The summed E-state index contributed by atoms with van der Waals surface area (Å²) in [6, 6.07) is 0. The number of nitrogens with two attached hydrogens (primary N) is 1. The molecule has 0 unspecified atom stereocenters. The van der Waals surface area contributed by atoms with Crippen molar-refractivity contribution in [2.45, 2.75) is 57.5 Å². The van der Waals surface area contributed by atoms with Gasteiger partial charge < -0.3 is 15.0 Å². The first-order valence-corrected chi connectivity index (χ1v) is 7.03. The van der Waals surface area contributed by atoms with Crippen LogP contribution in [-0.2, 0) is 15.8 Å². The average Bonchev–Trinajstić information content (AvgIpc) is 2.91. The van der Waals surface area contributed by atoms with Gasteiger partial charge in [0.15, 0.2) is 0 Å². The Morgan fingerprint density at radius 2 is 2.05 bits per heavy atom. The molecule has 1 aliphatic carbocycles. The molecule has 0 amide bonds. The summed E-state index contributed by atoms with van der Waals surface area (Å²) in [7, 11) is 1.74. The third-order valence-electron chi connectivity index (χ3n) is 4.40. The lowest BCUT2D eigenvalue weighted by atomic mass is 9.79. The van der Waals surface area contributed by atoms with E-state index < -0.39 is 0 Å². The molecule has 19 heavy (non-hydrogen) atoms. The zero-order valence-electron chi connectivity index (χ0n) is 12.4. The fraction of sp³-hybridized carbons (Fsp3) is 0.857. The van der Waals surface area contributed by atoms with Crippen LogP contribution in [0.4, 0.5) is 0 Å². The average molecular weight is 267 g/mol. The van der Waals surface area contributed by atoms with Gasteiger partial charge in [-0.05, 0) is 45.4 Å². The predicted octanol–water partition coefficient (Wildman–Crippen LogP) is 2.36. The molecule has 0 radical (unpaired) electrons. The Balaban J connectivity index is 2.25. The van der Waals surface area contributed by atoms with Gasteiger partial charge in [0.1, 0.15) is 5.60 Å². The highest BCUT2D eigenvalue weighted by Crippen LogP contribution is 2.41. The summed E-state index contributed by atoms with van der Waals surface area (Å²) in [6.45, 7) is 6.77. The summed E-state index contributed by atoms with van der Waals surface area (Å²) in [5.74, 6) is 2.02. The summed E-state index contributed by atoms with van der Waals surface area (Å²) in [5, 5.41) is 4.16. The molecule has 108 valence electrons. The SMILES string of the molecule is COC1(c2noc(C(C)(C)CN)n2)CCC(C)CC1. The van der Waals surface area contributed by atoms with E-state index >= 15 is 0 Å². The van der Waals surface area contributed by atoms with Gasteiger partial charge in [0.05, 0.1) is 5.41 Å². The topological polar surface area (TPSA) is 74.2 Å². The van der Waals surface area contributed by atoms with E-state index in [1.807, 2.05) is 13.8 Å². The lowest BCUT2D eigenvalue weighted by molar-refractivity contribution is -0.0609.